The van der Waals surface area contributed by atoms with Crippen molar-refractivity contribution in [1.29, 1.82) is 0 Å². The second-order valence-electron chi connectivity index (χ2n) is 8.92. The quantitative estimate of drug-likeness (QED) is 0.760. The number of hydrogen-bond acceptors (Lipinski definition) is 4. The van der Waals surface area contributed by atoms with Crippen LogP contribution in [0.15, 0.2) is 18.2 Å². The van der Waals surface area contributed by atoms with Gasteiger partial charge in [0.15, 0.2) is 5.78 Å². The molecule has 1 saturated heterocycles. The van der Waals surface area contributed by atoms with Crippen molar-refractivity contribution in [2.75, 3.05) is 26.7 Å². The number of benzene rings is 1. The van der Waals surface area contributed by atoms with Gasteiger partial charge in [-0.15, -0.1) is 0 Å². The van der Waals surface area contributed by atoms with E-state index in [0.717, 1.165) is 68.7 Å². The molecule has 1 aromatic carbocycles. The molecule has 1 unspecified atom stereocenters. The van der Waals surface area contributed by atoms with Crippen LogP contribution in [0.2, 0.25) is 0 Å². The van der Waals surface area contributed by atoms with E-state index in [1.807, 2.05) is 0 Å². The third kappa shape index (κ3) is 2.42. The molecule has 3 N–H and O–H groups in total. The zero-order valence-corrected chi connectivity index (χ0v) is 17.0. The second-order valence-corrected chi connectivity index (χ2v) is 8.92. The van der Waals surface area contributed by atoms with Crippen molar-refractivity contribution >= 4 is 16.7 Å². The predicted octanol–water partition coefficient (Wildman–Crippen LogP) is 3.38. The van der Waals surface area contributed by atoms with Gasteiger partial charge in [-0.1, -0.05) is 13.3 Å². The number of hydrogen-bond donors (Lipinski definition) is 3. The number of H-pyrrole nitrogens is 1. The number of ketones is 1. The van der Waals surface area contributed by atoms with E-state index in [1.165, 1.54) is 17.4 Å². The molecule has 3 heterocycles. The number of methoxy groups -OCH3 is 1. The molecule has 5 rings (SSSR count). The van der Waals surface area contributed by atoms with Gasteiger partial charge in [0.2, 0.25) is 0 Å². The number of aromatic amines is 1. The van der Waals surface area contributed by atoms with Crippen LogP contribution in [0.1, 0.15) is 56.7 Å². The number of rotatable bonds is 4. The van der Waals surface area contributed by atoms with Gasteiger partial charge in [0.25, 0.3) is 0 Å². The summed E-state index contributed by atoms with van der Waals surface area (Å²) in [6, 6.07) is 6.32. The van der Waals surface area contributed by atoms with Crippen LogP contribution < -0.4 is 15.4 Å². The smallest absolute Gasteiger partial charge is 0.161 e. The molecule has 3 aliphatic rings. The van der Waals surface area contributed by atoms with Gasteiger partial charge in [-0.05, 0) is 62.9 Å². The highest BCUT2D eigenvalue weighted by atomic mass is 16.5. The fraction of sp³-hybridized carbons (Fsp3) is 0.609. The Morgan fingerprint density at radius 2 is 2.04 bits per heavy atom. The van der Waals surface area contributed by atoms with E-state index in [1.54, 1.807) is 7.11 Å². The minimum Gasteiger partial charge on any atom is -0.497 e. The van der Waals surface area contributed by atoms with E-state index in [4.69, 9.17) is 4.74 Å². The molecule has 1 spiro atoms. The Morgan fingerprint density at radius 3 is 2.68 bits per heavy atom. The summed E-state index contributed by atoms with van der Waals surface area (Å²) < 4.78 is 5.47. The Hall–Kier alpha value is -1.85. The Bertz CT molecular complexity index is 908. The van der Waals surface area contributed by atoms with Crippen molar-refractivity contribution in [1.82, 2.24) is 15.6 Å². The first-order valence-electron chi connectivity index (χ1n) is 10.8. The maximum atomic E-state index is 13.6. The molecule has 1 atom stereocenters. The maximum absolute atomic E-state index is 13.6. The molecule has 2 fully saturated rings. The van der Waals surface area contributed by atoms with Crippen LogP contribution >= 0.6 is 0 Å². The fourth-order valence-corrected chi connectivity index (χ4v) is 5.71. The van der Waals surface area contributed by atoms with Crippen LogP contribution in [-0.2, 0) is 15.7 Å². The zero-order chi connectivity index (χ0) is 19.4. The van der Waals surface area contributed by atoms with Crippen molar-refractivity contribution < 1.29 is 9.53 Å². The number of carbonyl (C=O) groups is 1. The zero-order valence-electron chi connectivity index (χ0n) is 17.0. The van der Waals surface area contributed by atoms with Gasteiger partial charge in [0.1, 0.15) is 11.3 Å². The lowest BCUT2D eigenvalue weighted by Crippen LogP contribution is -2.62. The standard InChI is InChI=1S/C23H31N3O2/c1-3-23(21(27)15-5-4-6-15)20-19(22(14-25-23)9-11-24-12-10-22)17-8-7-16(28-2)13-18(17)26-20/h7-8,13,15,24-26H,3-6,9-12,14H2,1-2H3. The topological polar surface area (TPSA) is 66.2 Å². The monoisotopic (exact) mass is 381 g/mol. The summed E-state index contributed by atoms with van der Waals surface area (Å²) in [5.41, 5.74) is 3.11. The van der Waals surface area contributed by atoms with Gasteiger partial charge >= 0.3 is 0 Å². The van der Waals surface area contributed by atoms with Gasteiger partial charge in [0, 0.05) is 40.5 Å². The molecular weight excluding hydrogens is 350 g/mol. The molecule has 5 nitrogen and oxygen atoms in total. The summed E-state index contributed by atoms with van der Waals surface area (Å²) in [5.74, 6) is 1.46. The molecule has 150 valence electrons. The van der Waals surface area contributed by atoms with Gasteiger partial charge in [-0.25, -0.2) is 0 Å². The third-order valence-corrected chi connectivity index (χ3v) is 7.68. The van der Waals surface area contributed by atoms with E-state index >= 15 is 0 Å². The lowest BCUT2D eigenvalue weighted by atomic mass is 9.63. The first kappa shape index (κ1) is 18.2. The summed E-state index contributed by atoms with van der Waals surface area (Å²) in [6.45, 7) is 5.09. The van der Waals surface area contributed by atoms with Crippen molar-refractivity contribution in [3.8, 4) is 5.75 Å². The second kappa shape index (κ2) is 6.60. The summed E-state index contributed by atoms with van der Waals surface area (Å²) in [4.78, 5) is 17.4. The lowest BCUT2D eigenvalue weighted by Gasteiger charge is -2.49. The van der Waals surface area contributed by atoms with E-state index in [0.29, 0.717) is 5.78 Å². The van der Waals surface area contributed by atoms with Crippen LogP contribution in [-0.4, -0.2) is 37.5 Å². The van der Waals surface area contributed by atoms with E-state index in [9.17, 15) is 4.79 Å². The number of ether oxygens (including phenoxy) is 1. The predicted molar refractivity (Wildman–Crippen MR) is 111 cm³/mol. The average Bonchev–Trinajstić information content (AvgIpc) is 3.08. The number of carbonyl (C=O) groups excluding carboxylic acids is 1. The highest BCUT2D eigenvalue weighted by Crippen LogP contribution is 2.49. The highest BCUT2D eigenvalue weighted by molar-refractivity contribution is 5.96. The molecule has 1 aliphatic carbocycles. The van der Waals surface area contributed by atoms with Gasteiger partial charge < -0.3 is 15.0 Å². The molecule has 1 saturated carbocycles. The molecule has 28 heavy (non-hydrogen) atoms. The van der Waals surface area contributed by atoms with Crippen LogP contribution in [0.3, 0.4) is 0 Å². The minimum absolute atomic E-state index is 0.0893. The molecule has 0 radical (unpaired) electrons. The summed E-state index contributed by atoms with van der Waals surface area (Å²) in [6.07, 6.45) is 6.25. The molecule has 0 bridgehead atoms. The molecule has 1 aromatic heterocycles. The number of fused-ring (bicyclic) bond motifs is 4. The minimum atomic E-state index is -0.581. The Kier molecular flexibility index (Phi) is 4.29. The van der Waals surface area contributed by atoms with Gasteiger partial charge in [-0.3, -0.25) is 10.1 Å². The Balaban J connectivity index is 1.73. The Labute approximate surface area is 166 Å². The van der Waals surface area contributed by atoms with E-state index in [-0.39, 0.29) is 11.3 Å². The summed E-state index contributed by atoms with van der Waals surface area (Å²) in [5, 5.41) is 8.57. The fourth-order valence-electron chi connectivity index (χ4n) is 5.71. The highest BCUT2D eigenvalue weighted by Gasteiger charge is 2.53. The molecule has 2 aromatic rings. The maximum Gasteiger partial charge on any atom is 0.161 e. The van der Waals surface area contributed by atoms with Crippen LogP contribution in [0.4, 0.5) is 0 Å². The number of aromatic nitrogens is 1. The van der Waals surface area contributed by atoms with Crippen molar-refractivity contribution in [2.24, 2.45) is 5.92 Å². The molecule has 5 heteroatoms. The van der Waals surface area contributed by atoms with Gasteiger partial charge in [-0.2, -0.15) is 0 Å². The van der Waals surface area contributed by atoms with Crippen LogP contribution in [0, 0.1) is 5.92 Å². The summed E-state index contributed by atoms with van der Waals surface area (Å²) in [7, 11) is 1.70. The van der Waals surface area contributed by atoms with Crippen molar-refractivity contribution in [3.63, 3.8) is 0 Å². The SMILES string of the molecule is CCC1(C(=O)C2CCC2)NCC2(CCNCC2)c2c1[nH]c1cc(OC)ccc21. The van der Waals surface area contributed by atoms with Crippen LogP contribution in [0.5, 0.6) is 5.75 Å². The lowest BCUT2D eigenvalue weighted by molar-refractivity contribution is -0.133. The van der Waals surface area contributed by atoms with Crippen molar-refractivity contribution in [2.45, 2.75) is 56.4 Å². The molecule has 2 aliphatic heterocycles. The van der Waals surface area contributed by atoms with E-state index < -0.39 is 5.54 Å². The molecular formula is C23H31N3O2. The number of nitrogens with one attached hydrogen (secondary N) is 3. The van der Waals surface area contributed by atoms with Gasteiger partial charge in [0.05, 0.1) is 7.11 Å². The largest absolute Gasteiger partial charge is 0.497 e. The number of Topliss-reactive ketones (excluding diaryl/α,β-unsaturated/α-hetero) is 1. The number of piperidine rings is 1. The third-order valence-electron chi connectivity index (χ3n) is 7.68. The molecule has 0 amide bonds. The first-order chi connectivity index (χ1) is 13.6. The summed E-state index contributed by atoms with van der Waals surface area (Å²) >= 11 is 0. The van der Waals surface area contributed by atoms with Crippen molar-refractivity contribution in [3.05, 3.63) is 29.5 Å². The first-order valence-corrected chi connectivity index (χ1v) is 10.8. The normalized spacial score (nSPS) is 26.8. The average molecular weight is 382 g/mol. The Morgan fingerprint density at radius 1 is 1.25 bits per heavy atom. The van der Waals surface area contributed by atoms with Crippen LogP contribution in [0.25, 0.3) is 10.9 Å². The van der Waals surface area contributed by atoms with E-state index in [2.05, 4.69) is 40.7 Å².